The van der Waals surface area contributed by atoms with Crippen LogP contribution in [0.25, 0.3) is 0 Å². The Balaban J connectivity index is 3.04. The fourth-order valence-electron chi connectivity index (χ4n) is 1.42. The maximum Gasteiger partial charge on any atom is 0.246 e. The molecule has 1 aromatic carbocycles. The molecule has 0 amide bonds. The van der Waals surface area contributed by atoms with Crippen molar-refractivity contribution >= 4 is 11.6 Å². The molecule has 0 saturated heterocycles. The second kappa shape index (κ2) is 4.71. The summed E-state index contributed by atoms with van der Waals surface area (Å²) in [5.41, 5.74) is 6.63. The van der Waals surface area contributed by atoms with E-state index in [1.165, 1.54) is 0 Å². The van der Waals surface area contributed by atoms with Gasteiger partial charge in [-0.3, -0.25) is 0 Å². The monoisotopic (exact) mass is 219 g/mol. The topological polar surface area (TPSA) is 26.0 Å². The Morgan fingerprint density at radius 2 is 2.07 bits per heavy atom. The molecule has 1 unspecified atom stereocenters. The van der Waals surface area contributed by atoms with Crippen LogP contribution in [0, 0.1) is 6.92 Å². The molecule has 1 aromatic rings. The molecule has 2 N–H and O–H groups in total. The molecule has 0 radical (unpaired) electrons. The number of hydrogen-bond donors (Lipinski definition) is 1. The van der Waals surface area contributed by atoms with Gasteiger partial charge in [-0.1, -0.05) is 17.7 Å². The van der Waals surface area contributed by atoms with Gasteiger partial charge in [-0.15, -0.1) is 0 Å². The zero-order valence-corrected chi connectivity index (χ0v) is 8.56. The van der Waals surface area contributed by atoms with E-state index in [9.17, 15) is 8.78 Å². The first-order valence-corrected chi connectivity index (χ1v) is 4.68. The molecule has 0 saturated carbocycles. The summed E-state index contributed by atoms with van der Waals surface area (Å²) in [4.78, 5) is 0. The van der Waals surface area contributed by atoms with Gasteiger partial charge in [0.2, 0.25) is 6.43 Å². The zero-order valence-electron chi connectivity index (χ0n) is 7.81. The first kappa shape index (κ1) is 11.4. The normalized spacial score (nSPS) is 13.3. The van der Waals surface area contributed by atoms with Crippen LogP contribution in [0.3, 0.4) is 0 Å². The van der Waals surface area contributed by atoms with Crippen molar-refractivity contribution < 1.29 is 8.78 Å². The Kier molecular flexibility index (Phi) is 3.84. The van der Waals surface area contributed by atoms with Crippen LogP contribution in [0.5, 0.6) is 0 Å². The second-order valence-electron chi connectivity index (χ2n) is 3.18. The summed E-state index contributed by atoms with van der Waals surface area (Å²) >= 11 is 5.73. The molecule has 0 heterocycles. The smallest absolute Gasteiger partial charge is 0.246 e. The van der Waals surface area contributed by atoms with Gasteiger partial charge >= 0.3 is 0 Å². The Labute approximate surface area is 86.9 Å². The molecule has 0 fully saturated rings. The minimum absolute atomic E-state index is 0.0554. The van der Waals surface area contributed by atoms with E-state index >= 15 is 0 Å². The van der Waals surface area contributed by atoms with Gasteiger partial charge in [-0.05, 0) is 30.2 Å². The number of halogens is 3. The summed E-state index contributed by atoms with van der Waals surface area (Å²) in [6.07, 6.45) is -2.43. The minimum atomic E-state index is -2.43. The van der Waals surface area contributed by atoms with Crippen LogP contribution in [0.2, 0.25) is 5.02 Å². The SMILES string of the molecule is Cc1cc(Cl)ccc1C(CN)C(F)F. The molecule has 78 valence electrons. The lowest BCUT2D eigenvalue weighted by molar-refractivity contribution is 0.117. The van der Waals surface area contributed by atoms with Gasteiger partial charge in [0, 0.05) is 11.6 Å². The highest BCUT2D eigenvalue weighted by molar-refractivity contribution is 6.30. The number of benzene rings is 1. The van der Waals surface area contributed by atoms with E-state index in [2.05, 4.69) is 0 Å². The molecule has 0 aliphatic carbocycles. The molecule has 1 nitrogen and oxygen atoms in total. The highest BCUT2D eigenvalue weighted by Gasteiger charge is 2.22. The van der Waals surface area contributed by atoms with E-state index < -0.39 is 12.3 Å². The first-order valence-electron chi connectivity index (χ1n) is 4.30. The molecule has 1 atom stereocenters. The lowest BCUT2D eigenvalue weighted by Gasteiger charge is -2.16. The third-order valence-corrected chi connectivity index (χ3v) is 2.42. The van der Waals surface area contributed by atoms with Crippen molar-refractivity contribution in [3.63, 3.8) is 0 Å². The van der Waals surface area contributed by atoms with Gasteiger partial charge in [-0.2, -0.15) is 0 Å². The van der Waals surface area contributed by atoms with Crippen LogP contribution in [0.4, 0.5) is 8.78 Å². The van der Waals surface area contributed by atoms with Gasteiger partial charge in [0.1, 0.15) is 0 Å². The maximum atomic E-state index is 12.6. The maximum absolute atomic E-state index is 12.6. The lowest BCUT2D eigenvalue weighted by Crippen LogP contribution is -2.20. The Bertz CT molecular complexity index is 315. The molecular formula is C10H12ClF2N. The summed E-state index contributed by atoms with van der Waals surface area (Å²) in [5.74, 6) is -0.896. The van der Waals surface area contributed by atoms with E-state index in [0.717, 1.165) is 5.56 Å². The molecule has 0 aromatic heterocycles. The summed E-state index contributed by atoms with van der Waals surface area (Å²) in [5, 5.41) is 0.552. The van der Waals surface area contributed by atoms with Crippen molar-refractivity contribution in [3.8, 4) is 0 Å². The largest absolute Gasteiger partial charge is 0.330 e. The van der Waals surface area contributed by atoms with Crippen LogP contribution in [-0.2, 0) is 0 Å². The van der Waals surface area contributed by atoms with E-state index in [-0.39, 0.29) is 6.54 Å². The number of rotatable bonds is 3. The van der Waals surface area contributed by atoms with Crippen molar-refractivity contribution in [2.75, 3.05) is 6.54 Å². The van der Waals surface area contributed by atoms with Gasteiger partial charge in [0.15, 0.2) is 0 Å². The van der Waals surface area contributed by atoms with E-state index in [1.54, 1.807) is 25.1 Å². The Hall–Kier alpha value is -0.670. The van der Waals surface area contributed by atoms with Gasteiger partial charge in [0.05, 0.1) is 5.92 Å². The fourth-order valence-corrected chi connectivity index (χ4v) is 1.65. The molecule has 1 rings (SSSR count). The van der Waals surface area contributed by atoms with Gasteiger partial charge in [-0.25, -0.2) is 8.78 Å². The lowest BCUT2D eigenvalue weighted by atomic mass is 9.95. The molecule has 4 heteroatoms. The van der Waals surface area contributed by atoms with Crippen LogP contribution in [0.15, 0.2) is 18.2 Å². The van der Waals surface area contributed by atoms with E-state index in [0.29, 0.717) is 10.6 Å². The van der Waals surface area contributed by atoms with Crippen molar-refractivity contribution in [2.24, 2.45) is 5.73 Å². The number of alkyl halides is 2. The molecular weight excluding hydrogens is 208 g/mol. The second-order valence-corrected chi connectivity index (χ2v) is 3.61. The summed E-state index contributed by atoms with van der Waals surface area (Å²) in [7, 11) is 0. The van der Waals surface area contributed by atoms with Crippen LogP contribution in [-0.4, -0.2) is 13.0 Å². The van der Waals surface area contributed by atoms with Gasteiger partial charge < -0.3 is 5.73 Å². The third-order valence-electron chi connectivity index (χ3n) is 2.19. The van der Waals surface area contributed by atoms with Crippen molar-refractivity contribution in [2.45, 2.75) is 19.3 Å². The van der Waals surface area contributed by atoms with Crippen molar-refractivity contribution in [3.05, 3.63) is 34.3 Å². The van der Waals surface area contributed by atoms with E-state index in [4.69, 9.17) is 17.3 Å². The predicted octanol–water partition coefficient (Wildman–Crippen LogP) is 2.96. The minimum Gasteiger partial charge on any atom is -0.330 e. The number of hydrogen-bond acceptors (Lipinski definition) is 1. The van der Waals surface area contributed by atoms with Crippen molar-refractivity contribution in [1.29, 1.82) is 0 Å². The van der Waals surface area contributed by atoms with Crippen LogP contribution >= 0.6 is 11.6 Å². The Morgan fingerprint density at radius 3 is 2.50 bits per heavy atom. The molecule has 0 spiro atoms. The summed E-state index contributed by atoms with van der Waals surface area (Å²) in [6, 6.07) is 4.89. The van der Waals surface area contributed by atoms with Gasteiger partial charge in [0.25, 0.3) is 0 Å². The standard InChI is InChI=1S/C10H12ClF2N/c1-6-4-7(11)2-3-8(6)9(5-14)10(12)13/h2-4,9-10H,5,14H2,1H3. The van der Waals surface area contributed by atoms with Crippen molar-refractivity contribution in [1.82, 2.24) is 0 Å². The molecule has 0 bridgehead atoms. The fraction of sp³-hybridized carbons (Fsp3) is 0.400. The average molecular weight is 220 g/mol. The zero-order chi connectivity index (χ0) is 10.7. The third kappa shape index (κ3) is 2.42. The quantitative estimate of drug-likeness (QED) is 0.831. The Morgan fingerprint density at radius 1 is 1.43 bits per heavy atom. The molecule has 0 aliphatic heterocycles. The number of aryl methyl sites for hydroxylation is 1. The first-order chi connectivity index (χ1) is 6.56. The molecule has 0 aliphatic rings. The number of nitrogens with two attached hydrogens (primary N) is 1. The summed E-state index contributed by atoms with van der Waals surface area (Å²) < 4.78 is 25.1. The average Bonchev–Trinajstić information content (AvgIpc) is 2.09. The van der Waals surface area contributed by atoms with Crippen LogP contribution in [0.1, 0.15) is 17.0 Å². The van der Waals surface area contributed by atoms with Crippen LogP contribution < -0.4 is 5.73 Å². The highest BCUT2D eigenvalue weighted by atomic mass is 35.5. The molecule has 14 heavy (non-hydrogen) atoms. The highest BCUT2D eigenvalue weighted by Crippen LogP contribution is 2.26. The van der Waals surface area contributed by atoms with E-state index in [1.807, 2.05) is 0 Å². The predicted molar refractivity (Wildman–Crippen MR) is 54.0 cm³/mol. The summed E-state index contributed by atoms with van der Waals surface area (Å²) in [6.45, 7) is 1.70.